The fourth-order valence-electron chi connectivity index (χ4n) is 4.49. The Hall–Kier alpha value is -2.52. The number of hydrogen-bond acceptors (Lipinski definition) is 1. The summed E-state index contributed by atoms with van der Waals surface area (Å²) in [4.78, 5) is 0. The Morgan fingerprint density at radius 1 is 0.939 bits per heavy atom. The Morgan fingerprint density at radius 2 is 1.52 bits per heavy atom. The Labute approximate surface area is 203 Å². The minimum absolute atomic E-state index is 0.0195. The molecule has 0 saturated carbocycles. The molecule has 0 aliphatic carbocycles. The first-order valence-electron chi connectivity index (χ1n) is 12.2. The van der Waals surface area contributed by atoms with Crippen LogP contribution in [0.3, 0.4) is 0 Å². The van der Waals surface area contributed by atoms with Crippen LogP contribution in [0.25, 0.3) is 0 Å². The molecular formula is C31H40OSi. The third-order valence-electron chi connectivity index (χ3n) is 6.23. The quantitative estimate of drug-likeness (QED) is 0.146. The highest BCUT2D eigenvalue weighted by Gasteiger charge is 2.51. The maximum absolute atomic E-state index is 7.27. The molecule has 0 aliphatic rings. The lowest BCUT2D eigenvalue weighted by Gasteiger charge is -2.45. The van der Waals surface area contributed by atoms with Crippen LogP contribution < -0.4 is 10.4 Å². The van der Waals surface area contributed by atoms with Gasteiger partial charge >= 0.3 is 0 Å². The summed E-state index contributed by atoms with van der Waals surface area (Å²) >= 11 is 0. The summed E-state index contributed by atoms with van der Waals surface area (Å²) < 4.78 is 7.27. The van der Waals surface area contributed by atoms with Crippen LogP contribution in [0.1, 0.15) is 72.6 Å². The van der Waals surface area contributed by atoms with E-state index in [4.69, 9.17) is 17.3 Å². The van der Waals surface area contributed by atoms with E-state index in [2.05, 4.69) is 106 Å². The molecule has 1 atom stereocenters. The van der Waals surface area contributed by atoms with Gasteiger partial charge in [-0.3, -0.25) is 0 Å². The lowest BCUT2D eigenvalue weighted by atomic mass is 10.0. The van der Waals surface area contributed by atoms with E-state index >= 15 is 0 Å². The molecule has 2 rings (SSSR count). The molecule has 0 heterocycles. The van der Waals surface area contributed by atoms with Crippen molar-refractivity contribution in [1.29, 1.82) is 0 Å². The second-order valence-corrected chi connectivity index (χ2v) is 14.1. The first-order valence-corrected chi connectivity index (χ1v) is 14.1. The van der Waals surface area contributed by atoms with Gasteiger partial charge in [0.15, 0.2) is 0 Å². The van der Waals surface area contributed by atoms with E-state index in [9.17, 15) is 0 Å². The van der Waals surface area contributed by atoms with E-state index in [0.717, 1.165) is 38.5 Å². The van der Waals surface area contributed by atoms with E-state index in [0.29, 0.717) is 6.42 Å². The highest BCUT2D eigenvalue weighted by atomic mass is 28.4. The Morgan fingerprint density at radius 3 is 2.00 bits per heavy atom. The third kappa shape index (κ3) is 7.50. The molecule has 2 aromatic carbocycles. The molecule has 0 saturated heterocycles. The summed E-state index contributed by atoms with van der Waals surface area (Å²) in [5.41, 5.74) is 1.41. The molecule has 174 valence electrons. The SMILES string of the molecule is C#CCCCC/C=C(\C)CC[C@H](CC#C)O[Si](c1ccccc1)(c1ccccc1)C(C)(C)C. The van der Waals surface area contributed by atoms with Gasteiger partial charge in [0, 0.05) is 12.8 Å². The fourth-order valence-corrected chi connectivity index (χ4v) is 9.20. The molecule has 2 heteroatoms. The molecule has 0 radical (unpaired) electrons. The van der Waals surface area contributed by atoms with Crippen molar-refractivity contribution in [3.63, 3.8) is 0 Å². The van der Waals surface area contributed by atoms with Crippen LogP contribution in [-0.4, -0.2) is 14.4 Å². The predicted octanol–water partition coefficient (Wildman–Crippen LogP) is 6.88. The number of allylic oxidation sites excluding steroid dienone is 2. The van der Waals surface area contributed by atoms with E-state index in [-0.39, 0.29) is 11.1 Å². The van der Waals surface area contributed by atoms with Crippen molar-refractivity contribution in [3.05, 3.63) is 72.3 Å². The third-order valence-corrected chi connectivity index (χ3v) is 11.3. The maximum atomic E-state index is 7.27. The van der Waals surface area contributed by atoms with Gasteiger partial charge in [0.1, 0.15) is 0 Å². The molecule has 0 N–H and O–H groups in total. The minimum atomic E-state index is -2.60. The van der Waals surface area contributed by atoms with Gasteiger partial charge < -0.3 is 4.43 Å². The molecule has 0 fully saturated rings. The van der Waals surface area contributed by atoms with Crippen LogP contribution in [0.15, 0.2) is 72.3 Å². The molecule has 0 unspecified atom stereocenters. The Kier molecular flexibility index (Phi) is 10.7. The van der Waals surface area contributed by atoms with E-state index in [1.807, 2.05) is 0 Å². The standard InChI is InChI=1S/C31H40OSi/c1-7-9-10-11-14-20-27(3)25-26-28(19-8-2)32-33(31(4,5)6,29-21-15-12-16-22-29)30-23-17-13-18-24-30/h1-2,12-13,15-18,20-24,28H,9-11,14,19,25-26H2,3-6H3/b27-20+/t28-/m0/s1. The smallest absolute Gasteiger partial charge is 0.261 e. The summed E-state index contributed by atoms with van der Waals surface area (Å²) in [6.45, 7) is 9.16. The normalized spacial score (nSPS) is 13.2. The summed E-state index contributed by atoms with van der Waals surface area (Å²) in [7, 11) is -2.60. The number of terminal acetylenes is 2. The summed E-state index contributed by atoms with van der Waals surface area (Å²) in [6.07, 6.45) is 20.3. The van der Waals surface area contributed by atoms with Gasteiger partial charge in [-0.1, -0.05) is 93.1 Å². The van der Waals surface area contributed by atoms with Crippen molar-refractivity contribution in [1.82, 2.24) is 0 Å². The molecular weight excluding hydrogens is 416 g/mol. The largest absolute Gasteiger partial charge is 0.403 e. The Bertz CT molecular complexity index is 899. The van der Waals surface area contributed by atoms with E-state index in [1.54, 1.807) is 0 Å². The average Bonchev–Trinajstić information content (AvgIpc) is 2.81. The summed E-state index contributed by atoms with van der Waals surface area (Å²) in [5, 5.41) is 2.54. The first-order chi connectivity index (χ1) is 15.8. The maximum Gasteiger partial charge on any atom is 0.261 e. The second-order valence-electron chi connectivity index (χ2n) is 9.85. The number of rotatable bonds is 12. The zero-order valence-corrected chi connectivity index (χ0v) is 21.9. The zero-order valence-electron chi connectivity index (χ0n) is 20.9. The lowest BCUT2D eigenvalue weighted by molar-refractivity contribution is 0.183. The van der Waals surface area contributed by atoms with Gasteiger partial charge in [0.25, 0.3) is 8.32 Å². The molecule has 0 aliphatic heterocycles. The lowest BCUT2D eigenvalue weighted by Crippen LogP contribution is -2.67. The molecule has 0 aromatic heterocycles. The zero-order chi connectivity index (χ0) is 24.2. The molecule has 0 spiro atoms. The number of unbranched alkanes of at least 4 members (excludes halogenated alkanes) is 3. The van der Waals surface area contributed by atoms with Crippen LogP contribution in [0, 0.1) is 24.7 Å². The van der Waals surface area contributed by atoms with Gasteiger partial charge in [-0.25, -0.2) is 0 Å². The van der Waals surface area contributed by atoms with Crippen molar-refractivity contribution in [3.8, 4) is 24.7 Å². The van der Waals surface area contributed by atoms with Crippen LogP contribution in [0.5, 0.6) is 0 Å². The monoisotopic (exact) mass is 456 g/mol. The van der Waals surface area contributed by atoms with E-state index < -0.39 is 8.32 Å². The highest BCUT2D eigenvalue weighted by Crippen LogP contribution is 2.38. The van der Waals surface area contributed by atoms with Gasteiger partial charge in [-0.05, 0) is 54.4 Å². The predicted molar refractivity (Wildman–Crippen MR) is 146 cm³/mol. The van der Waals surface area contributed by atoms with Gasteiger partial charge in [-0.15, -0.1) is 24.7 Å². The first kappa shape index (κ1) is 26.7. The fraction of sp³-hybridized carbons (Fsp3) is 0.419. The van der Waals surface area contributed by atoms with Crippen LogP contribution in [-0.2, 0) is 4.43 Å². The number of benzene rings is 2. The van der Waals surface area contributed by atoms with Crippen molar-refractivity contribution in [2.24, 2.45) is 0 Å². The summed E-state index contributed by atoms with van der Waals surface area (Å²) in [6, 6.07) is 21.6. The molecule has 1 nitrogen and oxygen atoms in total. The summed E-state index contributed by atoms with van der Waals surface area (Å²) in [5.74, 6) is 5.61. The van der Waals surface area contributed by atoms with Crippen molar-refractivity contribution < 1.29 is 4.43 Å². The van der Waals surface area contributed by atoms with Gasteiger partial charge in [-0.2, -0.15) is 0 Å². The molecule has 0 bridgehead atoms. The van der Waals surface area contributed by atoms with Crippen molar-refractivity contribution >= 4 is 18.7 Å². The highest BCUT2D eigenvalue weighted by molar-refractivity contribution is 6.99. The number of hydrogen-bond donors (Lipinski definition) is 0. The van der Waals surface area contributed by atoms with Crippen molar-refractivity contribution in [2.75, 3.05) is 0 Å². The molecule has 33 heavy (non-hydrogen) atoms. The van der Waals surface area contributed by atoms with E-state index in [1.165, 1.54) is 15.9 Å². The van der Waals surface area contributed by atoms with Gasteiger partial charge in [0.2, 0.25) is 0 Å². The van der Waals surface area contributed by atoms with Gasteiger partial charge in [0.05, 0.1) is 6.10 Å². The molecule has 2 aromatic rings. The van der Waals surface area contributed by atoms with Crippen LogP contribution >= 0.6 is 0 Å². The minimum Gasteiger partial charge on any atom is -0.403 e. The average molecular weight is 457 g/mol. The van der Waals surface area contributed by atoms with Crippen molar-refractivity contribution in [2.45, 2.75) is 83.8 Å². The Balaban J connectivity index is 2.32. The van der Waals surface area contributed by atoms with Crippen LogP contribution in [0.2, 0.25) is 5.04 Å². The molecule has 0 amide bonds. The second kappa shape index (κ2) is 13.2. The topological polar surface area (TPSA) is 9.23 Å². The van der Waals surface area contributed by atoms with Crippen LogP contribution in [0.4, 0.5) is 0 Å².